The van der Waals surface area contributed by atoms with Crippen LogP contribution in [0.4, 0.5) is 0 Å². The van der Waals surface area contributed by atoms with Gasteiger partial charge in [-0.15, -0.1) is 11.3 Å². The highest BCUT2D eigenvalue weighted by atomic mass is 32.1. The van der Waals surface area contributed by atoms with Gasteiger partial charge in [-0.1, -0.05) is 6.42 Å². The van der Waals surface area contributed by atoms with Crippen molar-refractivity contribution in [2.75, 3.05) is 6.54 Å². The number of thiophene rings is 1. The van der Waals surface area contributed by atoms with Gasteiger partial charge in [0, 0.05) is 22.3 Å². The fourth-order valence-electron chi connectivity index (χ4n) is 2.40. The molecule has 1 aliphatic carbocycles. The molecule has 0 saturated heterocycles. The Balaban J connectivity index is 1.82. The molecule has 3 heteroatoms. The van der Waals surface area contributed by atoms with Gasteiger partial charge >= 0.3 is 0 Å². The Morgan fingerprint density at radius 1 is 1.47 bits per heavy atom. The molecule has 2 atom stereocenters. The molecular formula is C12H20N2S. The average molecular weight is 224 g/mol. The Labute approximate surface area is 95.9 Å². The van der Waals surface area contributed by atoms with Crippen molar-refractivity contribution in [3.63, 3.8) is 0 Å². The van der Waals surface area contributed by atoms with Crippen LogP contribution in [-0.2, 0) is 6.54 Å². The summed E-state index contributed by atoms with van der Waals surface area (Å²) in [5.74, 6) is 0.700. The molecule has 0 bridgehead atoms. The fourth-order valence-corrected chi connectivity index (χ4v) is 3.24. The predicted octanol–water partition coefficient (Wildman–Crippen LogP) is 2.27. The summed E-state index contributed by atoms with van der Waals surface area (Å²) in [4.78, 5) is 2.84. The molecule has 1 fully saturated rings. The summed E-state index contributed by atoms with van der Waals surface area (Å²) in [7, 11) is 0. The van der Waals surface area contributed by atoms with Crippen LogP contribution in [0, 0.1) is 12.8 Å². The second-order valence-electron chi connectivity index (χ2n) is 4.43. The lowest BCUT2D eigenvalue weighted by molar-refractivity contribution is 0.407. The average Bonchev–Trinajstić information content (AvgIpc) is 2.83. The van der Waals surface area contributed by atoms with Crippen LogP contribution in [-0.4, -0.2) is 12.6 Å². The molecule has 15 heavy (non-hydrogen) atoms. The van der Waals surface area contributed by atoms with Crippen LogP contribution in [0.25, 0.3) is 0 Å². The number of nitrogens with two attached hydrogens (primary N) is 1. The van der Waals surface area contributed by atoms with E-state index in [1.807, 2.05) is 11.3 Å². The van der Waals surface area contributed by atoms with Crippen molar-refractivity contribution in [3.8, 4) is 0 Å². The molecule has 1 heterocycles. The molecule has 0 spiro atoms. The van der Waals surface area contributed by atoms with Crippen LogP contribution in [0.1, 0.15) is 29.0 Å². The molecule has 0 aliphatic heterocycles. The monoisotopic (exact) mass is 224 g/mol. The van der Waals surface area contributed by atoms with Gasteiger partial charge in [0.25, 0.3) is 0 Å². The summed E-state index contributed by atoms with van der Waals surface area (Å²) in [5, 5.41) is 3.64. The summed E-state index contributed by atoms with van der Waals surface area (Å²) in [6.45, 7) is 4.01. The van der Waals surface area contributed by atoms with Gasteiger partial charge in [0.15, 0.2) is 0 Å². The van der Waals surface area contributed by atoms with Gasteiger partial charge in [0.05, 0.1) is 0 Å². The van der Waals surface area contributed by atoms with Crippen molar-refractivity contribution >= 4 is 11.3 Å². The fraction of sp³-hybridized carbons (Fsp3) is 0.667. The zero-order chi connectivity index (χ0) is 10.7. The van der Waals surface area contributed by atoms with Crippen LogP contribution in [0.3, 0.4) is 0 Å². The maximum absolute atomic E-state index is 5.76. The van der Waals surface area contributed by atoms with Crippen LogP contribution in [0.2, 0.25) is 0 Å². The van der Waals surface area contributed by atoms with Crippen molar-refractivity contribution in [2.24, 2.45) is 11.7 Å². The van der Waals surface area contributed by atoms with Crippen molar-refractivity contribution in [3.05, 3.63) is 21.9 Å². The van der Waals surface area contributed by atoms with Crippen LogP contribution in [0.15, 0.2) is 12.1 Å². The largest absolute Gasteiger partial charge is 0.330 e. The van der Waals surface area contributed by atoms with Gasteiger partial charge in [-0.25, -0.2) is 0 Å². The molecular weight excluding hydrogens is 204 g/mol. The highest BCUT2D eigenvalue weighted by Crippen LogP contribution is 2.25. The van der Waals surface area contributed by atoms with Crippen molar-refractivity contribution in [1.82, 2.24) is 5.32 Å². The number of hydrogen-bond donors (Lipinski definition) is 2. The molecule has 0 aromatic carbocycles. The van der Waals surface area contributed by atoms with Crippen LogP contribution < -0.4 is 11.1 Å². The number of aryl methyl sites for hydroxylation is 1. The van der Waals surface area contributed by atoms with E-state index in [0.29, 0.717) is 12.0 Å². The van der Waals surface area contributed by atoms with Crippen LogP contribution >= 0.6 is 11.3 Å². The molecule has 2 rings (SSSR count). The van der Waals surface area contributed by atoms with Crippen molar-refractivity contribution < 1.29 is 0 Å². The third-order valence-electron chi connectivity index (χ3n) is 3.30. The van der Waals surface area contributed by atoms with Gasteiger partial charge in [-0.05, 0) is 44.4 Å². The Morgan fingerprint density at radius 3 is 3.00 bits per heavy atom. The molecule has 2 unspecified atom stereocenters. The van der Waals surface area contributed by atoms with Crippen molar-refractivity contribution in [2.45, 2.75) is 38.8 Å². The molecule has 1 aromatic rings. The van der Waals surface area contributed by atoms with E-state index in [-0.39, 0.29) is 0 Å². The second kappa shape index (κ2) is 5.10. The van der Waals surface area contributed by atoms with Gasteiger partial charge in [0.1, 0.15) is 0 Å². The summed E-state index contributed by atoms with van der Waals surface area (Å²) in [5.41, 5.74) is 5.76. The number of hydrogen-bond acceptors (Lipinski definition) is 3. The Kier molecular flexibility index (Phi) is 3.78. The van der Waals surface area contributed by atoms with E-state index >= 15 is 0 Å². The summed E-state index contributed by atoms with van der Waals surface area (Å²) < 4.78 is 0. The first-order valence-corrected chi connectivity index (χ1v) is 6.60. The minimum Gasteiger partial charge on any atom is -0.330 e. The lowest BCUT2D eigenvalue weighted by Gasteiger charge is -2.18. The molecule has 2 nitrogen and oxygen atoms in total. The van der Waals surface area contributed by atoms with E-state index in [2.05, 4.69) is 24.4 Å². The van der Waals surface area contributed by atoms with E-state index in [4.69, 9.17) is 5.73 Å². The maximum atomic E-state index is 5.76. The maximum Gasteiger partial charge on any atom is 0.0302 e. The van der Waals surface area contributed by atoms with E-state index in [0.717, 1.165) is 13.1 Å². The third kappa shape index (κ3) is 2.80. The molecule has 1 saturated carbocycles. The highest BCUT2D eigenvalue weighted by Gasteiger charge is 2.25. The van der Waals surface area contributed by atoms with Gasteiger partial charge in [-0.3, -0.25) is 0 Å². The first-order chi connectivity index (χ1) is 7.29. The Hall–Kier alpha value is -0.380. The SMILES string of the molecule is Cc1ccc(CNC2CCCC2CN)s1. The lowest BCUT2D eigenvalue weighted by Crippen LogP contribution is -2.35. The second-order valence-corrected chi connectivity index (χ2v) is 5.80. The van der Waals surface area contributed by atoms with Crippen LogP contribution in [0.5, 0.6) is 0 Å². The van der Waals surface area contributed by atoms with E-state index in [1.165, 1.54) is 29.0 Å². The minimum absolute atomic E-state index is 0.650. The molecule has 0 radical (unpaired) electrons. The van der Waals surface area contributed by atoms with E-state index < -0.39 is 0 Å². The molecule has 3 N–H and O–H groups in total. The van der Waals surface area contributed by atoms with Gasteiger partial charge in [-0.2, -0.15) is 0 Å². The minimum atomic E-state index is 0.650. The molecule has 0 amide bonds. The Morgan fingerprint density at radius 2 is 2.33 bits per heavy atom. The van der Waals surface area contributed by atoms with Gasteiger partial charge < -0.3 is 11.1 Å². The standard InChI is InChI=1S/C12H20N2S/c1-9-5-6-11(15-9)8-14-12-4-2-3-10(12)7-13/h5-6,10,12,14H,2-4,7-8,13H2,1H3. The normalized spacial score (nSPS) is 26.0. The lowest BCUT2D eigenvalue weighted by atomic mass is 10.0. The molecule has 1 aliphatic rings. The van der Waals surface area contributed by atoms with E-state index in [9.17, 15) is 0 Å². The number of rotatable bonds is 4. The number of nitrogens with one attached hydrogen (secondary N) is 1. The zero-order valence-corrected chi connectivity index (χ0v) is 10.1. The van der Waals surface area contributed by atoms with Gasteiger partial charge in [0.2, 0.25) is 0 Å². The zero-order valence-electron chi connectivity index (χ0n) is 9.33. The first kappa shape index (κ1) is 11.1. The molecule has 1 aromatic heterocycles. The quantitative estimate of drug-likeness (QED) is 0.823. The molecule has 84 valence electrons. The van der Waals surface area contributed by atoms with Crippen molar-refractivity contribution in [1.29, 1.82) is 0 Å². The smallest absolute Gasteiger partial charge is 0.0302 e. The highest BCUT2D eigenvalue weighted by molar-refractivity contribution is 7.11. The predicted molar refractivity (Wildman–Crippen MR) is 66.1 cm³/mol. The summed E-state index contributed by atoms with van der Waals surface area (Å²) in [6.07, 6.45) is 3.94. The third-order valence-corrected chi connectivity index (χ3v) is 4.30. The summed E-state index contributed by atoms with van der Waals surface area (Å²) in [6, 6.07) is 5.06. The first-order valence-electron chi connectivity index (χ1n) is 5.78. The summed E-state index contributed by atoms with van der Waals surface area (Å²) >= 11 is 1.89. The van der Waals surface area contributed by atoms with E-state index in [1.54, 1.807) is 0 Å². The Bertz CT molecular complexity index is 308. The topological polar surface area (TPSA) is 38.0 Å².